The highest BCUT2D eigenvalue weighted by atomic mass is 19.1. The first-order valence-corrected chi connectivity index (χ1v) is 11.5. The molecule has 3 N–H and O–H groups in total. The number of benzene rings is 3. The van der Waals surface area contributed by atoms with Crippen LogP contribution in [0.4, 0.5) is 26.2 Å². The van der Waals surface area contributed by atoms with Gasteiger partial charge in [0.2, 0.25) is 0 Å². The molecule has 7 nitrogen and oxygen atoms in total. The van der Waals surface area contributed by atoms with Crippen molar-refractivity contribution < 1.29 is 18.7 Å². The van der Waals surface area contributed by atoms with Crippen LogP contribution < -0.4 is 20.9 Å². The summed E-state index contributed by atoms with van der Waals surface area (Å²) < 4.78 is 18.8. The van der Waals surface area contributed by atoms with E-state index in [9.17, 15) is 14.0 Å². The topological polar surface area (TPSA) is 82.7 Å². The van der Waals surface area contributed by atoms with Crippen molar-refractivity contribution in [2.75, 3.05) is 35.2 Å². The van der Waals surface area contributed by atoms with E-state index >= 15 is 0 Å². The van der Waals surface area contributed by atoms with E-state index in [1.165, 1.54) is 12.1 Å². The zero-order valence-electron chi connectivity index (χ0n) is 19.2. The summed E-state index contributed by atoms with van der Waals surface area (Å²) in [5, 5.41) is 9.47. The molecule has 1 fully saturated rings. The van der Waals surface area contributed by atoms with E-state index in [-0.39, 0.29) is 12.0 Å². The number of rotatable bonds is 7. The molecule has 3 aromatic carbocycles. The van der Waals surface area contributed by atoms with E-state index in [1.807, 2.05) is 48.5 Å². The predicted molar refractivity (Wildman–Crippen MR) is 134 cm³/mol. The molecule has 2 aliphatic heterocycles. The Hall–Kier alpha value is -4.17. The minimum absolute atomic E-state index is 0.316. The molecule has 3 aromatic rings. The number of nitrogens with one attached hydrogen (secondary N) is 3. The maximum absolute atomic E-state index is 13.8. The van der Waals surface area contributed by atoms with Crippen molar-refractivity contribution in [3.05, 3.63) is 89.2 Å². The molecule has 5 rings (SSSR count). The average Bonchev–Trinajstić information content (AvgIpc) is 3.43. The molecular weight excluding hydrogens is 447 g/mol. The maximum Gasteiger partial charge on any atom is 0.414 e. The summed E-state index contributed by atoms with van der Waals surface area (Å²) in [6.45, 7) is 4.56. The van der Waals surface area contributed by atoms with Crippen LogP contribution in [0.3, 0.4) is 0 Å². The van der Waals surface area contributed by atoms with E-state index in [4.69, 9.17) is 4.74 Å². The molecule has 0 unspecified atom stereocenters. The summed E-state index contributed by atoms with van der Waals surface area (Å²) in [5.74, 6) is -0.734. The second-order valence-electron chi connectivity index (χ2n) is 8.31. The summed E-state index contributed by atoms with van der Waals surface area (Å²) in [5.41, 5.74) is 5.48. The van der Waals surface area contributed by atoms with Crippen LogP contribution in [0, 0.1) is 5.82 Å². The largest absolute Gasteiger partial charge is 0.447 e. The van der Waals surface area contributed by atoms with Crippen molar-refractivity contribution in [3.63, 3.8) is 0 Å². The van der Waals surface area contributed by atoms with Gasteiger partial charge in [-0.1, -0.05) is 31.2 Å². The maximum atomic E-state index is 13.8. The lowest BCUT2D eigenvalue weighted by molar-refractivity contribution is -0.110. The molecule has 0 saturated carbocycles. The number of anilines is 3. The van der Waals surface area contributed by atoms with Crippen LogP contribution in [0.1, 0.15) is 23.6 Å². The fourth-order valence-electron chi connectivity index (χ4n) is 4.23. The molecule has 178 valence electrons. The highest BCUT2D eigenvalue weighted by Crippen LogP contribution is 2.38. The quantitative estimate of drug-likeness (QED) is 0.430. The molecule has 0 spiro atoms. The monoisotopic (exact) mass is 472 g/mol. The van der Waals surface area contributed by atoms with Crippen LogP contribution in [-0.2, 0) is 16.1 Å². The third kappa shape index (κ3) is 4.61. The Morgan fingerprint density at radius 2 is 1.83 bits per heavy atom. The smallest absolute Gasteiger partial charge is 0.414 e. The van der Waals surface area contributed by atoms with E-state index in [2.05, 4.69) is 22.9 Å². The number of hydrogen-bond acceptors (Lipinski definition) is 5. The molecule has 2 aliphatic rings. The van der Waals surface area contributed by atoms with Crippen LogP contribution in [0.2, 0.25) is 0 Å². The first kappa shape index (κ1) is 22.6. The van der Waals surface area contributed by atoms with Gasteiger partial charge in [0, 0.05) is 23.5 Å². The van der Waals surface area contributed by atoms with Crippen molar-refractivity contribution >= 4 is 40.3 Å². The zero-order valence-corrected chi connectivity index (χ0v) is 19.2. The number of halogens is 1. The Balaban J connectivity index is 1.54. The second-order valence-corrected chi connectivity index (χ2v) is 8.31. The van der Waals surface area contributed by atoms with Crippen LogP contribution >= 0.6 is 0 Å². The molecule has 35 heavy (non-hydrogen) atoms. The number of nitrogens with zero attached hydrogens (tertiary/aromatic N) is 1. The van der Waals surface area contributed by atoms with E-state index in [1.54, 1.807) is 11.0 Å². The summed E-state index contributed by atoms with van der Waals surface area (Å²) >= 11 is 0. The van der Waals surface area contributed by atoms with Gasteiger partial charge in [-0.2, -0.15) is 0 Å². The molecule has 2 heterocycles. The van der Waals surface area contributed by atoms with Gasteiger partial charge in [0.15, 0.2) is 0 Å². The number of fused-ring (bicyclic) bond motifs is 1. The lowest BCUT2D eigenvalue weighted by atomic mass is 9.99. The van der Waals surface area contributed by atoms with Gasteiger partial charge in [-0.3, -0.25) is 9.69 Å². The van der Waals surface area contributed by atoms with Crippen molar-refractivity contribution in [1.29, 1.82) is 0 Å². The highest BCUT2D eigenvalue weighted by Gasteiger charge is 2.29. The van der Waals surface area contributed by atoms with Crippen LogP contribution in [0.25, 0.3) is 11.3 Å². The number of carbonyl (C=O) groups is 2. The van der Waals surface area contributed by atoms with Crippen molar-refractivity contribution in [1.82, 2.24) is 5.32 Å². The fourth-order valence-corrected chi connectivity index (χ4v) is 4.23. The SMILES string of the molecule is CCNCc1ccc(NC(=C2C(=O)Nc3cc(F)ccc32)c2ccc(N3CCOC3=O)cc2)cc1. The lowest BCUT2D eigenvalue weighted by Gasteiger charge is -2.17. The third-order valence-corrected chi connectivity index (χ3v) is 6.01. The summed E-state index contributed by atoms with van der Waals surface area (Å²) in [6, 6.07) is 19.6. The molecule has 1 saturated heterocycles. The number of hydrogen-bond donors (Lipinski definition) is 3. The van der Waals surface area contributed by atoms with Crippen LogP contribution in [0.15, 0.2) is 66.7 Å². The minimum atomic E-state index is -0.419. The van der Waals surface area contributed by atoms with Crippen molar-refractivity contribution in [3.8, 4) is 0 Å². The predicted octanol–water partition coefficient (Wildman–Crippen LogP) is 4.82. The van der Waals surface area contributed by atoms with Gasteiger partial charge in [0.1, 0.15) is 12.4 Å². The Labute approximate surface area is 202 Å². The molecule has 0 atom stereocenters. The summed E-state index contributed by atoms with van der Waals surface area (Å²) in [7, 11) is 0. The summed E-state index contributed by atoms with van der Waals surface area (Å²) in [6.07, 6.45) is -0.377. The highest BCUT2D eigenvalue weighted by molar-refractivity contribution is 6.37. The average molecular weight is 473 g/mol. The van der Waals surface area contributed by atoms with Gasteiger partial charge in [-0.25, -0.2) is 9.18 Å². The Morgan fingerprint density at radius 3 is 2.51 bits per heavy atom. The van der Waals surface area contributed by atoms with Crippen molar-refractivity contribution in [2.24, 2.45) is 0 Å². The second kappa shape index (κ2) is 9.60. The Kier molecular flexibility index (Phi) is 6.20. The number of amides is 2. The van der Waals surface area contributed by atoms with Gasteiger partial charge in [0.25, 0.3) is 5.91 Å². The molecule has 0 radical (unpaired) electrons. The molecule has 8 heteroatoms. The van der Waals surface area contributed by atoms with E-state index < -0.39 is 5.82 Å². The molecule has 0 bridgehead atoms. The van der Waals surface area contributed by atoms with Gasteiger partial charge in [-0.05, 0) is 60.1 Å². The van der Waals surface area contributed by atoms with Gasteiger partial charge >= 0.3 is 6.09 Å². The van der Waals surface area contributed by atoms with E-state index in [0.29, 0.717) is 41.4 Å². The van der Waals surface area contributed by atoms with Gasteiger partial charge in [0.05, 0.1) is 23.5 Å². The Morgan fingerprint density at radius 1 is 1.06 bits per heavy atom. The van der Waals surface area contributed by atoms with E-state index in [0.717, 1.165) is 29.9 Å². The number of carbonyl (C=O) groups excluding carboxylic acids is 2. The van der Waals surface area contributed by atoms with Crippen molar-refractivity contribution in [2.45, 2.75) is 13.5 Å². The van der Waals surface area contributed by atoms with Gasteiger partial charge < -0.3 is 20.7 Å². The zero-order chi connectivity index (χ0) is 24.4. The third-order valence-electron chi connectivity index (χ3n) is 6.01. The molecule has 2 amide bonds. The lowest BCUT2D eigenvalue weighted by Crippen LogP contribution is -2.23. The number of cyclic esters (lactones) is 1. The first-order chi connectivity index (χ1) is 17.0. The van der Waals surface area contributed by atoms with Crippen LogP contribution in [0.5, 0.6) is 0 Å². The first-order valence-electron chi connectivity index (χ1n) is 11.5. The van der Waals surface area contributed by atoms with Gasteiger partial charge in [-0.15, -0.1) is 0 Å². The molecule has 0 aromatic heterocycles. The van der Waals surface area contributed by atoms with Crippen LogP contribution in [-0.4, -0.2) is 31.7 Å². The molecular formula is C27H25FN4O3. The Bertz CT molecular complexity index is 1300. The molecule has 0 aliphatic carbocycles. The standard InChI is InChI=1S/C27H25FN4O3/c1-2-29-16-17-3-8-20(9-4-17)30-25(24-22-12-7-19(28)15-23(22)31-26(24)33)18-5-10-21(11-6-18)32-13-14-35-27(32)34/h3-12,15,29-30H,2,13-14,16H2,1H3,(H,31,33). The number of ether oxygens (including phenoxy) is 1. The summed E-state index contributed by atoms with van der Waals surface area (Å²) in [4.78, 5) is 26.5. The normalized spacial score (nSPS) is 16.1. The fraction of sp³-hybridized carbons (Fsp3) is 0.185. The minimum Gasteiger partial charge on any atom is -0.447 e.